The topological polar surface area (TPSA) is 58.0 Å². The first-order valence-electron chi connectivity index (χ1n) is 5.84. The second kappa shape index (κ2) is 6.11. The Morgan fingerprint density at radius 3 is 2.55 bits per heavy atom. The van der Waals surface area contributed by atoms with Crippen LogP contribution in [-0.4, -0.2) is 21.6 Å². The van der Waals surface area contributed by atoms with Crippen LogP contribution in [0.3, 0.4) is 0 Å². The van der Waals surface area contributed by atoms with Gasteiger partial charge in [0.15, 0.2) is 0 Å². The summed E-state index contributed by atoms with van der Waals surface area (Å²) in [6.07, 6.45) is -1.34. The van der Waals surface area contributed by atoms with Crippen LogP contribution in [0.5, 0.6) is 0 Å². The smallest absolute Gasteiger partial charge is 0.134 e. The fourth-order valence-corrected chi connectivity index (χ4v) is 1.98. The van der Waals surface area contributed by atoms with Gasteiger partial charge in [0.05, 0.1) is 5.56 Å². The van der Waals surface area contributed by atoms with E-state index >= 15 is 0 Å². The third-order valence-corrected chi connectivity index (χ3v) is 2.81. The van der Waals surface area contributed by atoms with Crippen LogP contribution in [0.4, 0.5) is 14.6 Å². The lowest BCUT2D eigenvalue weighted by atomic mass is 10.1. The van der Waals surface area contributed by atoms with E-state index in [1.807, 2.05) is 0 Å². The van der Waals surface area contributed by atoms with Crippen LogP contribution in [0, 0.1) is 18.6 Å². The summed E-state index contributed by atoms with van der Waals surface area (Å²) in [6, 6.07) is 4.88. The Kier molecular flexibility index (Phi) is 4.46. The Hall–Kier alpha value is -1.79. The molecule has 0 aliphatic rings. The minimum Gasteiger partial charge on any atom is -0.386 e. The van der Waals surface area contributed by atoms with Crippen LogP contribution in [0.2, 0.25) is 5.15 Å². The molecule has 0 spiro atoms. The van der Waals surface area contributed by atoms with Crippen molar-refractivity contribution in [2.45, 2.75) is 13.0 Å². The molecule has 7 heteroatoms. The number of aromatic nitrogens is 2. The van der Waals surface area contributed by atoms with Crippen molar-refractivity contribution in [1.82, 2.24) is 9.97 Å². The quantitative estimate of drug-likeness (QED) is 0.852. The number of hydrogen-bond acceptors (Lipinski definition) is 4. The molecule has 106 valence electrons. The zero-order valence-electron chi connectivity index (χ0n) is 10.6. The molecular formula is C13H12ClF2N3O. The van der Waals surface area contributed by atoms with Gasteiger partial charge in [-0.1, -0.05) is 17.7 Å². The highest BCUT2D eigenvalue weighted by Crippen LogP contribution is 2.21. The number of benzene rings is 1. The molecule has 0 saturated heterocycles. The number of aliphatic hydroxyl groups excluding tert-OH is 1. The second-order valence-corrected chi connectivity index (χ2v) is 4.54. The largest absolute Gasteiger partial charge is 0.386 e. The number of nitrogens with one attached hydrogen (secondary N) is 1. The number of anilines is 1. The third kappa shape index (κ3) is 3.40. The van der Waals surface area contributed by atoms with Crippen LogP contribution in [0.15, 0.2) is 24.3 Å². The molecule has 0 aliphatic carbocycles. The molecule has 1 unspecified atom stereocenters. The van der Waals surface area contributed by atoms with Gasteiger partial charge in [0.1, 0.15) is 34.5 Å². The highest BCUT2D eigenvalue weighted by molar-refractivity contribution is 6.29. The van der Waals surface area contributed by atoms with Crippen LogP contribution in [0.1, 0.15) is 17.5 Å². The number of nitrogens with zero attached hydrogens (tertiary/aromatic N) is 2. The Morgan fingerprint density at radius 1 is 1.30 bits per heavy atom. The van der Waals surface area contributed by atoms with E-state index in [1.165, 1.54) is 12.1 Å². The van der Waals surface area contributed by atoms with E-state index in [4.69, 9.17) is 11.6 Å². The van der Waals surface area contributed by atoms with E-state index in [1.54, 1.807) is 6.92 Å². The van der Waals surface area contributed by atoms with E-state index < -0.39 is 17.7 Å². The Bertz CT molecular complexity index is 584. The molecular weight excluding hydrogens is 288 g/mol. The zero-order chi connectivity index (χ0) is 14.7. The van der Waals surface area contributed by atoms with Crippen molar-refractivity contribution in [3.05, 3.63) is 52.4 Å². The number of aryl methyl sites for hydroxylation is 1. The minimum atomic E-state index is -1.34. The van der Waals surface area contributed by atoms with Crippen LogP contribution < -0.4 is 5.32 Å². The second-order valence-electron chi connectivity index (χ2n) is 4.16. The van der Waals surface area contributed by atoms with Crippen LogP contribution >= 0.6 is 11.6 Å². The average Bonchev–Trinajstić information content (AvgIpc) is 2.35. The lowest BCUT2D eigenvalue weighted by Gasteiger charge is -2.14. The fourth-order valence-electron chi connectivity index (χ4n) is 1.75. The van der Waals surface area contributed by atoms with Gasteiger partial charge in [-0.05, 0) is 19.1 Å². The summed E-state index contributed by atoms with van der Waals surface area (Å²) in [5.74, 6) is -0.766. The van der Waals surface area contributed by atoms with Gasteiger partial charge < -0.3 is 10.4 Å². The van der Waals surface area contributed by atoms with Crippen molar-refractivity contribution < 1.29 is 13.9 Å². The fraction of sp³-hybridized carbons (Fsp3) is 0.231. The lowest BCUT2D eigenvalue weighted by molar-refractivity contribution is 0.181. The number of aliphatic hydroxyl groups is 1. The Balaban J connectivity index is 2.10. The van der Waals surface area contributed by atoms with Crippen molar-refractivity contribution in [3.63, 3.8) is 0 Å². The predicted octanol–water partition coefficient (Wildman–Crippen LogP) is 2.86. The molecule has 1 heterocycles. The van der Waals surface area contributed by atoms with Gasteiger partial charge in [-0.25, -0.2) is 18.7 Å². The van der Waals surface area contributed by atoms with Crippen molar-refractivity contribution >= 4 is 17.4 Å². The summed E-state index contributed by atoms with van der Waals surface area (Å²) in [4.78, 5) is 7.92. The maximum absolute atomic E-state index is 13.5. The summed E-state index contributed by atoms with van der Waals surface area (Å²) in [7, 11) is 0. The highest BCUT2D eigenvalue weighted by atomic mass is 35.5. The van der Waals surface area contributed by atoms with E-state index in [-0.39, 0.29) is 17.3 Å². The molecule has 1 aromatic heterocycles. The molecule has 1 aromatic carbocycles. The van der Waals surface area contributed by atoms with Gasteiger partial charge in [-0.2, -0.15) is 0 Å². The van der Waals surface area contributed by atoms with E-state index in [0.29, 0.717) is 11.6 Å². The summed E-state index contributed by atoms with van der Waals surface area (Å²) in [5.41, 5.74) is -0.378. The number of hydrogen-bond donors (Lipinski definition) is 2. The molecule has 4 nitrogen and oxygen atoms in total. The lowest BCUT2D eigenvalue weighted by Crippen LogP contribution is -2.16. The Labute approximate surface area is 119 Å². The van der Waals surface area contributed by atoms with Gasteiger partial charge >= 0.3 is 0 Å². The van der Waals surface area contributed by atoms with Gasteiger partial charge in [-0.15, -0.1) is 0 Å². The SMILES string of the molecule is Cc1nc(Cl)cc(NCC(O)c2c(F)cccc2F)n1. The minimum absolute atomic E-state index is 0.107. The standard InChI is InChI=1S/C13H12ClF2N3O/c1-7-18-11(14)5-12(19-7)17-6-10(20)13-8(15)3-2-4-9(13)16/h2-5,10,20H,6H2,1H3,(H,17,18,19). The molecule has 0 bridgehead atoms. The summed E-state index contributed by atoms with van der Waals surface area (Å²) >= 11 is 5.76. The Morgan fingerprint density at radius 2 is 1.95 bits per heavy atom. The van der Waals surface area contributed by atoms with Crippen molar-refractivity contribution in [2.24, 2.45) is 0 Å². The molecule has 2 aromatic rings. The highest BCUT2D eigenvalue weighted by Gasteiger charge is 2.17. The first kappa shape index (κ1) is 14.6. The summed E-state index contributed by atoms with van der Waals surface area (Å²) < 4.78 is 27.0. The van der Waals surface area contributed by atoms with E-state index in [2.05, 4.69) is 15.3 Å². The van der Waals surface area contributed by atoms with E-state index in [9.17, 15) is 13.9 Å². The number of rotatable bonds is 4. The first-order valence-corrected chi connectivity index (χ1v) is 6.22. The molecule has 0 fully saturated rings. The summed E-state index contributed by atoms with van der Waals surface area (Å²) in [6.45, 7) is 1.55. The molecule has 1 atom stereocenters. The first-order chi connectivity index (χ1) is 9.47. The third-order valence-electron chi connectivity index (χ3n) is 2.62. The van der Waals surface area contributed by atoms with E-state index in [0.717, 1.165) is 12.1 Å². The normalized spacial score (nSPS) is 12.2. The van der Waals surface area contributed by atoms with Crippen LogP contribution in [-0.2, 0) is 0 Å². The molecule has 0 aliphatic heterocycles. The molecule has 0 amide bonds. The van der Waals surface area contributed by atoms with Gasteiger partial charge in [0, 0.05) is 12.6 Å². The van der Waals surface area contributed by atoms with Gasteiger partial charge in [-0.3, -0.25) is 0 Å². The summed E-state index contributed by atoms with van der Waals surface area (Å²) in [5, 5.41) is 12.9. The van der Waals surface area contributed by atoms with Crippen LogP contribution in [0.25, 0.3) is 0 Å². The molecule has 20 heavy (non-hydrogen) atoms. The van der Waals surface area contributed by atoms with Gasteiger partial charge in [0.25, 0.3) is 0 Å². The molecule has 2 rings (SSSR count). The molecule has 0 saturated carbocycles. The average molecular weight is 300 g/mol. The molecule has 2 N–H and O–H groups in total. The maximum atomic E-state index is 13.5. The van der Waals surface area contributed by atoms with Crippen molar-refractivity contribution in [2.75, 3.05) is 11.9 Å². The van der Waals surface area contributed by atoms with Crippen molar-refractivity contribution in [3.8, 4) is 0 Å². The number of halogens is 3. The zero-order valence-corrected chi connectivity index (χ0v) is 11.3. The van der Waals surface area contributed by atoms with Gasteiger partial charge in [0.2, 0.25) is 0 Å². The maximum Gasteiger partial charge on any atom is 0.134 e. The monoisotopic (exact) mass is 299 g/mol. The molecule has 0 radical (unpaired) electrons. The predicted molar refractivity (Wildman–Crippen MR) is 71.6 cm³/mol. The van der Waals surface area contributed by atoms with Crippen molar-refractivity contribution in [1.29, 1.82) is 0 Å².